The van der Waals surface area contributed by atoms with Crippen LogP contribution in [-0.2, 0) is 10.2 Å². The summed E-state index contributed by atoms with van der Waals surface area (Å²) in [5.74, 6) is -0.152. The highest BCUT2D eigenvalue weighted by Gasteiger charge is 2.20. The zero-order chi connectivity index (χ0) is 14.0. The predicted octanol–water partition coefficient (Wildman–Crippen LogP) is 2.23. The van der Waals surface area contributed by atoms with Gasteiger partial charge in [-0.3, -0.25) is 4.79 Å². The van der Waals surface area contributed by atoms with E-state index in [4.69, 9.17) is 0 Å². The molecule has 0 spiro atoms. The molecule has 2 rings (SSSR count). The lowest BCUT2D eigenvalue weighted by Gasteiger charge is -2.14. The second-order valence-electron chi connectivity index (χ2n) is 5.33. The largest absolute Gasteiger partial charge is 0.300 e. The van der Waals surface area contributed by atoms with Gasteiger partial charge in [0.15, 0.2) is 5.13 Å². The third kappa shape index (κ3) is 3.17. The van der Waals surface area contributed by atoms with Gasteiger partial charge in [-0.2, -0.15) is 5.10 Å². The molecule has 102 valence electrons. The fourth-order valence-electron chi connectivity index (χ4n) is 1.42. The number of amides is 1. The summed E-state index contributed by atoms with van der Waals surface area (Å²) in [5, 5.41) is 9.33. The van der Waals surface area contributed by atoms with Gasteiger partial charge in [0.05, 0.1) is 5.69 Å². The number of nitrogens with zero attached hydrogens (tertiary/aromatic N) is 4. The standard InChI is InChI=1S/C12H17N5OS/c1-8(17-7-13-6-14-17)10(18)16-11-15-9(5-19-11)12(2,3)4/h5-8H,1-4H3,(H,15,16,18)/t8-/m1/s1. The van der Waals surface area contributed by atoms with Crippen molar-refractivity contribution in [1.29, 1.82) is 0 Å². The number of aromatic nitrogens is 4. The maximum Gasteiger partial charge on any atom is 0.250 e. The van der Waals surface area contributed by atoms with Crippen LogP contribution in [0.3, 0.4) is 0 Å². The number of thiazole rings is 1. The summed E-state index contributed by atoms with van der Waals surface area (Å²) in [6, 6.07) is -0.413. The first-order valence-electron chi connectivity index (χ1n) is 5.99. The monoisotopic (exact) mass is 279 g/mol. The molecule has 19 heavy (non-hydrogen) atoms. The number of anilines is 1. The Balaban J connectivity index is 2.05. The van der Waals surface area contributed by atoms with Gasteiger partial charge in [-0.05, 0) is 6.92 Å². The van der Waals surface area contributed by atoms with E-state index in [0.29, 0.717) is 5.13 Å². The molecule has 0 fully saturated rings. The summed E-state index contributed by atoms with van der Waals surface area (Å²) in [4.78, 5) is 20.3. The van der Waals surface area contributed by atoms with Gasteiger partial charge in [-0.1, -0.05) is 20.8 Å². The number of nitrogens with one attached hydrogen (secondary N) is 1. The number of hydrogen-bond acceptors (Lipinski definition) is 5. The molecule has 2 aromatic heterocycles. The van der Waals surface area contributed by atoms with Crippen molar-refractivity contribution in [3.05, 3.63) is 23.7 Å². The van der Waals surface area contributed by atoms with Crippen LogP contribution < -0.4 is 5.32 Å². The third-order valence-electron chi connectivity index (χ3n) is 2.72. The van der Waals surface area contributed by atoms with Crippen LogP contribution in [0, 0.1) is 0 Å². The average Bonchev–Trinajstić information content (AvgIpc) is 2.97. The van der Waals surface area contributed by atoms with Crippen molar-refractivity contribution in [3.63, 3.8) is 0 Å². The molecule has 0 bridgehead atoms. The Morgan fingerprint density at radius 2 is 2.21 bits per heavy atom. The second-order valence-corrected chi connectivity index (χ2v) is 6.19. The zero-order valence-electron chi connectivity index (χ0n) is 11.4. The minimum absolute atomic E-state index is 0.0169. The van der Waals surface area contributed by atoms with E-state index in [-0.39, 0.29) is 11.3 Å². The fraction of sp³-hybridized carbons (Fsp3) is 0.500. The van der Waals surface area contributed by atoms with E-state index in [1.54, 1.807) is 6.92 Å². The lowest BCUT2D eigenvalue weighted by molar-refractivity contribution is -0.119. The SMILES string of the molecule is C[C@H](C(=O)Nc1nc(C(C)(C)C)cs1)n1cncn1. The van der Waals surface area contributed by atoms with E-state index >= 15 is 0 Å². The van der Waals surface area contributed by atoms with Crippen LogP contribution in [0.5, 0.6) is 0 Å². The van der Waals surface area contributed by atoms with Crippen LogP contribution in [0.15, 0.2) is 18.0 Å². The van der Waals surface area contributed by atoms with Crippen LogP contribution >= 0.6 is 11.3 Å². The normalized spacial score (nSPS) is 13.3. The summed E-state index contributed by atoms with van der Waals surface area (Å²) in [5.41, 5.74) is 0.956. The van der Waals surface area contributed by atoms with Gasteiger partial charge in [0.25, 0.3) is 5.91 Å². The Labute approximate surface area is 115 Å². The first-order chi connectivity index (χ1) is 8.88. The van der Waals surface area contributed by atoms with Gasteiger partial charge in [0, 0.05) is 10.8 Å². The molecular weight excluding hydrogens is 262 g/mol. The van der Waals surface area contributed by atoms with Crippen LogP contribution in [0.2, 0.25) is 0 Å². The van der Waals surface area contributed by atoms with Crippen molar-refractivity contribution < 1.29 is 4.79 Å². The lowest BCUT2D eigenvalue weighted by Crippen LogP contribution is -2.24. The van der Waals surface area contributed by atoms with Crippen molar-refractivity contribution in [2.24, 2.45) is 0 Å². The lowest BCUT2D eigenvalue weighted by atomic mass is 9.93. The molecule has 0 aliphatic carbocycles. The number of carbonyl (C=O) groups is 1. The van der Waals surface area contributed by atoms with E-state index in [2.05, 4.69) is 41.2 Å². The van der Waals surface area contributed by atoms with Gasteiger partial charge in [0.1, 0.15) is 18.7 Å². The summed E-state index contributed by atoms with van der Waals surface area (Å²) in [6.07, 6.45) is 2.93. The molecular formula is C12H17N5OS. The topological polar surface area (TPSA) is 72.7 Å². The molecule has 2 heterocycles. The third-order valence-corrected chi connectivity index (χ3v) is 3.47. The van der Waals surface area contributed by atoms with Crippen molar-refractivity contribution in [1.82, 2.24) is 19.7 Å². The first kappa shape index (κ1) is 13.7. The van der Waals surface area contributed by atoms with Crippen molar-refractivity contribution in [2.45, 2.75) is 39.2 Å². The van der Waals surface area contributed by atoms with E-state index in [0.717, 1.165) is 5.69 Å². The number of carbonyl (C=O) groups excluding carboxylic acids is 1. The molecule has 1 N–H and O–H groups in total. The van der Waals surface area contributed by atoms with Gasteiger partial charge in [-0.15, -0.1) is 11.3 Å². The maximum absolute atomic E-state index is 12.0. The molecule has 0 aliphatic rings. The van der Waals surface area contributed by atoms with Crippen molar-refractivity contribution in [3.8, 4) is 0 Å². The van der Waals surface area contributed by atoms with Crippen LogP contribution in [0.25, 0.3) is 0 Å². The molecule has 0 saturated carbocycles. The fourth-order valence-corrected chi connectivity index (χ4v) is 2.36. The van der Waals surface area contributed by atoms with E-state index in [9.17, 15) is 4.79 Å². The Kier molecular flexibility index (Phi) is 3.66. The van der Waals surface area contributed by atoms with E-state index < -0.39 is 6.04 Å². The summed E-state index contributed by atoms with van der Waals surface area (Å²) >= 11 is 1.43. The molecule has 6 nitrogen and oxygen atoms in total. The molecule has 1 amide bonds. The Morgan fingerprint density at radius 1 is 1.47 bits per heavy atom. The van der Waals surface area contributed by atoms with Gasteiger partial charge < -0.3 is 5.32 Å². The van der Waals surface area contributed by atoms with E-state index in [1.807, 2.05) is 5.38 Å². The highest BCUT2D eigenvalue weighted by molar-refractivity contribution is 7.13. The smallest absolute Gasteiger partial charge is 0.250 e. The molecule has 7 heteroatoms. The first-order valence-corrected chi connectivity index (χ1v) is 6.87. The molecule has 0 unspecified atom stereocenters. The van der Waals surface area contributed by atoms with Crippen molar-refractivity contribution >= 4 is 22.4 Å². The van der Waals surface area contributed by atoms with Crippen LogP contribution in [-0.4, -0.2) is 25.7 Å². The molecule has 0 aromatic carbocycles. The summed E-state index contributed by atoms with van der Waals surface area (Å²) in [6.45, 7) is 8.03. The zero-order valence-corrected chi connectivity index (χ0v) is 12.2. The predicted molar refractivity (Wildman–Crippen MR) is 74.2 cm³/mol. The average molecular weight is 279 g/mol. The highest BCUT2D eigenvalue weighted by atomic mass is 32.1. The number of rotatable bonds is 3. The minimum atomic E-state index is -0.413. The second kappa shape index (κ2) is 5.08. The molecule has 0 aliphatic heterocycles. The van der Waals surface area contributed by atoms with Crippen LogP contribution in [0.1, 0.15) is 39.4 Å². The molecule has 0 saturated heterocycles. The molecule has 2 aromatic rings. The van der Waals surface area contributed by atoms with E-state index in [1.165, 1.54) is 28.7 Å². The Bertz CT molecular complexity index is 555. The Hall–Kier alpha value is -1.76. The summed E-state index contributed by atoms with van der Waals surface area (Å²) in [7, 11) is 0. The summed E-state index contributed by atoms with van der Waals surface area (Å²) < 4.78 is 1.51. The quantitative estimate of drug-likeness (QED) is 0.935. The van der Waals surface area contributed by atoms with Crippen LogP contribution in [0.4, 0.5) is 5.13 Å². The Morgan fingerprint density at radius 3 is 2.74 bits per heavy atom. The van der Waals surface area contributed by atoms with Gasteiger partial charge >= 0.3 is 0 Å². The molecule has 1 atom stereocenters. The van der Waals surface area contributed by atoms with Gasteiger partial charge in [-0.25, -0.2) is 14.6 Å². The maximum atomic E-state index is 12.0. The minimum Gasteiger partial charge on any atom is -0.300 e. The number of hydrogen-bond donors (Lipinski definition) is 1. The molecule has 0 radical (unpaired) electrons. The van der Waals surface area contributed by atoms with Crippen molar-refractivity contribution in [2.75, 3.05) is 5.32 Å². The van der Waals surface area contributed by atoms with Gasteiger partial charge in [0.2, 0.25) is 0 Å². The highest BCUT2D eigenvalue weighted by Crippen LogP contribution is 2.26.